The molecule has 6 heteroatoms. The predicted octanol–water partition coefficient (Wildman–Crippen LogP) is 0.147. The summed E-state index contributed by atoms with van der Waals surface area (Å²) in [6.45, 7) is 2.90. The maximum Gasteiger partial charge on any atom is 0.273 e. The van der Waals surface area contributed by atoms with E-state index in [1.165, 1.54) is 6.20 Å². The normalized spacial score (nSPS) is 24.7. The molecule has 0 bridgehead atoms. The van der Waals surface area contributed by atoms with Crippen LogP contribution in [0.3, 0.4) is 0 Å². The predicted molar refractivity (Wildman–Crippen MR) is 65.2 cm³/mol. The number of nitrogens with one attached hydrogen (secondary N) is 1. The van der Waals surface area contributed by atoms with Gasteiger partial charge in [0, 0.05) is 19.3 Å². The molecule has 0 spiro atoms. The van der Waals surface area contributed by atoms with Crippen LogP contribution in [0.15, 0.2) is 17.2 Å². The number of aromatic amines is 1. The monoisotopic (exact) mass is 251 g/mol. The highest BCUT2D eigenvalue weighted by Crippen LogP contribution is 2.21. The van der Waals surface area contributed by atoms with Gasteiger partial charge in [0.15, 0.2) is 0 Å². The van der Waals surface area contributed by atoms with Crippen LogP contribution in [0.2, 0.25) is 0 Å². The molecule has 1 fully saturated rings. The number of nitrogens with zero attached hydrogens (tertiary/aromatic N) is 2. The SMILES string of the molecule is CC1(O)CCCN(C(=O)c2c[nH]c(=O)cn2)CC1. The van der Waals surface area contributed by atoms with Gasteiger partial charge in [-0.2, -0.15) is 0 Å². The highest BCUT2D eigenvalue weighted by atomic mass is 16.3. The van der Waals surface area contributed by atoms with Crippen molar-refractivity contribution in [2.75, 3.05) is 13.1 Å². The van der Waals surface area contributed by atoms with E-state index in [1.54, 1.807) is 11.8 Å². The molecule has 18 heavy (non-hydrogen) atoms. The van der Waals surface area contributed by atoms with Crippen LogP contribution in [0.4, 0.5) is 0 Å². The molecule has 0 radical (unpaired) electrons. The second kappa shape index (κ2) is 4.89. The smallest absolute Gasteiger partial charge is 0.273 e. The van der Waals surface area contributed by atoms with Gasteiger partial charge in [-0.25, -0.2) is 4.98 Å². The zero-order valence-electron chi connectivity index (χ0n) is 10.3. The fraction of sp³-hybridized carbons (Fsp3) is 0.583. The van der Waals surface area contributed by atoms with Gasteiger partial charge < -0.3 is 15.0 Å². The van der Waals surface area contributed by atoms with Crippen molar-refractivity contribution in [3.05, 3.63) is 28.4 Å². The summed E-state index contributed by atoms with van der Waals surface area (Å²) < 4.78 is 0. The topological polar surface area (TPSA) is 86.3 Å². The van der Waals surface area contributed by atoms with Crippen LogP contribution in [0.25, 0.3) is 0 Å². The summed E-state index contributed by atoms with van der Waals surface area (Å²) in [6.07, 6.45) is 4.44. The number of aromatic nitrogens is 2. The standard InChI is InChI=1S/C12H17N3O3/c1-12(18)3-2-5-15(6-4-12)11(17)9-7-14-10(16)8-13-9/h7-8,18H,2-6H2,1H3,(H,14,16). The van der Waals surface area contributed by atoms with E-state index >= 15 is 0 Å². The average Bonchev–Trinajstić information content (AvgIpc) is 2.50. The number of hydrogen-bond donors (Lipinski definition) is 2. The Morgan fingerprint density at radius 3 is 2.94 bits per heavy atom. The summed E-state index contributed by atoms with van der Waals surface area (Å²) in [7, 11) is 0. The van der Waals surface area contributed by atoms with Crippen molar-refractivity contribution >= 4 is 5.91 Å². The van der Waals surface area contributed by atoms with Gasteiger partial charge >= 0.3 is 0 Å². The Bertz CT molecular complexity index is 475. The first-order valence-corrected chi connectivity index (χ1v) is 6.04. The van der Waals surface area contributed by atoms with Crippen LogP contribution in [-0.2, 0) is 0 Å². The maximum absolute atomic E-state index is 12.1. The molecule has 1 atom stereocenters. The van der Waals surface area contributed by atoms with E-state index in [9.17, 15) is 14.7 Å². The lowest BCUT2D eigenvalue weighted by molar-refractivity contribution is 0.0437. The summed E-state index contributed by atoms with van der Waals surface area (Å²) in [5, 5.41) is 9.96. The van der Waals surface area contributed by atoms with E-state index < -0.39 is 5.60 Å². The number of hydrogen-bond acceptors (Lipinski definition) is 4. The zero-order valence-corrected chi connectivity index (χ0v) is 10.3. The first-order valence-electron chi connectivity index (χ1n) is 6.04. The molecule has 6 nitrogen and oxygen atoms in total. The van der Waals surface area contributed by atoms with E-state index in [1.807, 2.05) is 0 Å². The Hall–Kier alpha value is -1.69. The van der Waals surface area contributed by atoms with Crippen molar-refractivity contribution in [3.63, 3.8) is 0 Å². The third-order valence-electron chi connectivity index (χ3n) is 3.24. The van der Waals surface area contributed by atoms with Crippen LogP contribution in [0.1, 0.15) is 36.7 Å². The van der Waals surface area contributed by atoms with E-state index in [0.29, 0.717) is 25.9 Å². The summed E-state index contributed by atoms with van der Waals surface area (Å²) in [5.41, 5.74) is -0.797. The molecule has 1 amide bonds. The van der Waals surface area contributed by atoms with E-state index in [-0.39, 0.29) is 17.2 Å². The molecule has 98 valence electrons. The summed E-state index contributed by atoms with van der Waals surface area (Å²) in [4.78, 5) is 30.9. The Kier molecular flexibility index (Phi) is 3.47. The first kappa shape index (κ1) is 12.8. The number of rotatable bonds is 1. The third-order valence-corrected chi connectivity index (χ3v) is 3.24. The van der Waals surface area contributed by atoms with Crippen molar-refractivity contribution in [3.8, 4) is 0 Å². The first-order chi connectivity index (χ1) is 8.48. The van der Waals surface area contributed by atoms with E-state index in [0.717, 1.165) is 12.6 Å². The minimum atomic E-state index is -0.701. The van der Waals surface area contributed by atoms with Gasteiger partial charge in [0.2, 0.25) is 0 Å². The molecule has 1 aliphatic heterocycles. The lowest BCUT2D eigenvalue weighted by atomic mass is 9.98. The maximum atomic E-state index is 12.1. The van der Waals surface area contributed by atoms with Crippen LogP contribution in [-0.4, -0.2) is 44.6 Å². The molecule has 0 aliphatic carbocycles. The van der Waals surface area contributed by atoms with Gasteiger partial charge in [-0.3, -0.25) is 9.59 Å². The summed E-state index contributed by atoms with van der Waals surface area (Å²) in [6, 6.07) is 0. The Labute approximate surface area is 105 Å². The zero-order chi connectivity index (χ0) is 13.2. The number of aliphatic hydroxyl groups is 1. The second-order valence-electron chi connectivity index (χ2n) is 4.94. The largest absolute Gasteiger partial charge is 0.390 e. The van der Waals surface area contributed by atoms with Gasteiger partial charge in [0.05, 0.1) is 11.8 Å². The molecule has 2 heterocycles. The van der Waals surface area contributed by atoms with E-state index in [4.69, 9.17) is 0 Å². The average molecular weight is 251 g/mol. The molecular weight excluding hydrogens is 234 g/mol. The lowest BCUT2D eigenvalue weighted by Gasteiger charge is -2.22. The molecular formula is C12H17N3O3. The van der Waals surface area contributed by atoms with Gasteiger partial charge in [0.25, 0.3) is 11.5 Å². The second-order valence-corrected chi connectivity index (χ2v) is 4.94. The highest BCUT2D eigenvalue weighted by Gasteiger charge is 2.27. The minimum Gasteiger partial charge on any atom is -0.390 e. The molecule has 1 saturated heterocycles. The van der Waals surface area contributed by atoms with Gasteiger partial charge in [-0.15, -0.1) is 0 Å². The number of carbonyl (C=O) groups excluding carboxylic acids is 1. The van der Waals surface area contributed by atoms with Gasteiger partial charge in [-0.05, 0) is 26.2 Å². The minimum absolute atomic E-state index is 0.205. The molecule has 0 saturated carbocycles. The molecule has 2 N–H and O–H groups in total. The van der Waals surface area contributed by atoms with Crippen molar-refractivity contribution in [2.24, 2.45) is 0 Å². The highest BCUT2D eigenvalue weighted by molar-refractivity contribution is 5.91. The Balaban J connectivity index is 2.09. The van der Waals surface area contributed by atoms with E-state index in [2.05, 4.69) is 9.97 Å². The third kappa shape index (κ3) is 2.95. The van der Waals surface area contributed by atoms with Crippen molar-refractivity contribution in [2.45, 2.75) is 31.8 Å². The Morgan fingerprint density at radius 2 is 2.28 bits per heavy atom. The number of likely N-dealkylation sites (tertiary alicyclic amines) is 1. The quantitative estimate of drug-likeness (QED) is 0.743. The van der Waals surface area contributed by atoms with Crippen LogP contribution in [0.5, 0.6) is 0 Å². The van der Waals surface area contributed by atoms with Crippen LogP contribution < -0.4 is 5.56 Å². The molecule has 2 rings (SSSR count). The van der Waals surface area contributed by atoms with Gasteiger partial charge in [0.1, 0.15) is 5.69 Å². The fourth-order valence-electron chi connectivity index (χ4n) is 2.09. The molecule has 1 aliphatic rings. The van der Waals surface area contributed by atoms with Crippen molar-refractivity contribution < 1.29 is 9.90 Å². The van der Waals surface area contributed by atoms with Crippen LogP contribution in [0, 0.1) is 0 Å². The van der Waals surface area contributed by atoms with Crippen LogP contribution >= 0.6 is 0 Å². The molecule has 1 aromatic rings. The summed E-state index contributed by atoms with van der Waals surface area (Å²) >= 11 is 0. The molecule has 0 aromatic carbocycles. The van der Waals surface area contributed by atoms with Crippen molar-refractivity contribution in [1.29, 1.82) is 0 Å². The van der Waals surface area contributed by atoms with Crippen molar-refractivity contribution in [1.82, 2.24) is 14.9 Å². The molecule has 1 aromatic heterocycles. The Morgan fingerprint density at radius 1 is 1.50 bits per heavy atom. The number of carbonyl (C=O) groups is 1. The fourth-order valence-corrected chi connectivity index (χ4v) is 2.09. The lowest BCUT2D eigenvalue weighted by Crippen LogP contribution is -2.34. The van der Waals surface area contributed by atoms with Gasteiger partial charge in [-0.1, -0.05) is 0 Å². The number of amides is 1. The molecule has 1 unspecified atom stereocenters. The number of H-pyrrole nitrogens is 1. The summed E-state index contributed by atoms with van der Waals surface area (Å²) in [5.74, 6) is -0.205.